The molecule has 0 fully saturated rings. The van der Waals surface area contributed by atoms with Crippen LogP contribution in [0.3, 0.4) is 0 Å². The summed E-state index contributed by atoms with van der Waals surface area (Å²) in [5.41, 5.74) is 5.53. The number of carbonyl (C=O) groups is 1. The van der Waals surface area contributed by atoms with Crippen molar-refractivity contribution in [3.63, 3.8) is 0 Å². The van der Waals surface area contributed by atoms with Gasteiger partial charge in [0, 0.05) is 13.6 Å². The van der Waals surface area contributed by atoms with Crippen LogP contribution in [0.4, 0.5) is 0 Å². The Hall–Kier alpha value is -1.29. The van der Waals surface area contributed by atoms with Crippen LogP contribution in [0.1, 0.15) is 51.1 Å². The van der Waals surface area contributed by atoms with Gasteiger partial charge in [-0.15, -0.1) is 0 Å². The lowest BCUT2D eigenvalue weighted by molar-refractivity contribution is -0.142. The van der Waals surface area contributed by atoms with Crippen LogP contribution in [0.15, 0.2) is 16.5 Å². The molecule has 0 aromatic carbocycles. The number of nitrogens with two attached hydrogens (primary N) is 1. The van der Waals surface area contributed by atoms with Gasteiger partial charge in [-0.1, -0.05) is 26.7 Å². The van der Waals surface area contributed by atoms with Crippen molar-refractivity contribution >= 4 is 5.91 Å². The second kappa shape index (κ2) is 7.48. The van der Waals surface area contributed by atoms with Crippen LogP contribution in [0.5, 0.6) is 0 Å². The zero-order chi connectivity index (χ0) is 15.2. The summed E-state index contributed by atoms with van der Waals surface area (Å²) in [5, 5.41) is 0. The van der Waals surface area contributed by atoms with Crippen LogP contribution in [-0.2, 0) is 11.3 Å². The Morgan fingerprint density at radius 1 is 1.30 bits per heavy atom. The molecule has 1 amide bonds. The fraction of sp³-hybridized carbons (Fsp3) is 0.688. The van der Waals surface area contributed by atoms with Crippen molar-refractivity contribution in [2.45, 2.75) is 53.0 Å². The molecule has 4 heteroatoms. The van der Waals surface area contributed by atoms with Crippen molar-refractivity contribution in [1.82, 2.24) is 4.90 Å². The summed E-state index contributed by atoms with van der Waals surface area (Å²) in [6.07, 6.45) is 3.63. The first-order chi connectivity index (χ1) is 9.49. The smallest absolute Gasteiger partial charge is 0.230 e. The average molecular weight is 280 g/mol. The molecule has 0 saturated carbocycles. The first-order valence-corrected chi connectivity index (χ1v) is 7.50. The molecule has 4 nitrogen and oxygen atoms in total. The third-order valence-corrected chi connectivity index (χ3v) is 3.84. The quantitative estimate of drug-likeness (QED) is 0.796. The Labute approximate surface area is 122 Å². The van der Waals surface area contributed by atoms with Crippen LogP contribution in [-0.4, -0.2) is 24.4 Å². The molecule has 0 spiro atoms. The van der Waals surface area contributed by atoms with Crippen LogP contribution >= 0.6 is 0 Å². The van der Waals surface area contributed by atoms with E-state index in [0.717, 1.165) is 37.2 Å². The monoisotopic (exact) mass is 280 g/mol. The van der Waals surface area contributed by atoms with Crippen molar-refractivity contribution in [3.05, 3.63) is 23.7 Å². The van der Waals surface area contributed by atoms with Gasteiger partial charge < -0.3 is 15.1 Å². The number of rotatable bonds is 8. The molecule has 1 aromatic rings. The van der Waals surface area contributed by atoms with E-state index in [1.165, 1.54) is 0 Å². The van der Waals surface area contributed by atoms with Crippen molar-refractivity contribution in [2.24, 2.45) is 11.1 Å². The summed E-state index contributed by atoms with van der Waals surface area (Å²) in [4.78, 5) is 14.5. The molecular weight excluding hydrogens is 252 g/mol. The Balaban J connectivity index is 2.82. The van der Waals surface area contributed by atoms with E-state index in [-0.39, 0.29) is 5.91 Å². The first kappa shape index (κ1) is 16.8. The zero-order valence-corrected chi connectivity index (χ0v) is 13.2. The molecule has 0 saturated heterocycles. The Morgan fingerprint density at radius 2 is 1.90 bits per heavy atom. The summed E-state index contributed by atoms with van der Waals surface area (Å²) in [6.45, 7) is 7.02. The van der Waals surface area contributed by atoms with E-state index in [9.17, 15) is 4.79 Å². The molecule has 0 aliphatic heterocycles. The van der Waals surface area contributed by atoms with Crippen molar-refractivity contribution in [1.29, 1.82) is 0 Å². The second-order valence-electron chi connectivity index (χ2n) is 5.66. The van der Waals surface area contributed by atoms with Gasteiger partial charge in [0.05, 0.1) is 12.0 Å². The lowest BCUT2D eigenvalue weighted by Crippen LogP contribution is -2.46. The highest BCUT2D eigenvalue weighted by atomic mass is 16.3. The minimum Gasteiger partial charge on any atom is -0.464 e. The maximum absolute atomic E-state index is 12.8. The van der Waals surface area contributed by atoms with Gasteiger partial charge in [-0.05, 0) is 31.9 Å². The summed E-state index contributed by atoms with van der Waals surface area (Å²) in [7, 11) is 1.83. The standard InChI is InChI=1S/C16H28N2O2/c1-5-9-16(12-17,10-6-2)15(19)18(4)11-14-8-7-13(3)20-14/h7-8H,5-6,9-12,17H2,1-4H3. The summed E-state index contributed by atoms with van der Waals surface area (Å²) in [6, 6.07) is 3.84. The predicted molar refractivity (Wildman–Crippen MR) is 81.2 cm³/mol. The number of aryl methyl sites for hydroxylation is 1. The normalized spacial score (nSPS) is 11.7. The van der Waals surface area contributed by atoms with Gasteiger partial charge in [-0.3, -0.25) is 4.79 Å². The lowest BCUT2D eigenvalue weighted by Gasteiger charge is -2.34. The molecule has 0 bridgehead atoms. The molecule has 0 unspecified atom stereocenters. The Kier molecular flexibility index (Phi) is 6.27. The molecule has 1 rings (SSSR count). The first-order valence-electron chi connectivity index (χ1n) is 7.50. The van der Waals surface area contributed by atoms with Gasteiger partial charge in [-0.25, -0.2) is 0 Å². The van der Waals surface area contributed by atoms with Crippen molar-refractivity contribution < 1.29 is 9.21 Å². The maximum Gasteiger partial charge on any atom is 0.230 e. The molecule has 114 valence electrons. The van der Waals surface area contributed by atoms with E-state index in [0.29, 0.717) is 13.1 Å². The molecule has 0 aliphatic carbocycles. The summed E-state index contributed by atoms with van der Waals surface area (Å²) in [5.74, 6) is 1.82. The fourth-order valence-electron chi connectivity index (χ4n) is 2.87. The highest BCUT2D eigenvalue weighted by Gasteiger charge is 2.37. The molecule has 0 aliphatic rings. The highest BCUT2D eigenvalue weighted by Crippen LogP contribution is 2.31. The van der Waals surface area contributed by atoms with Gasteiger partial charge in [0.2, 0.25) is 5.91 Å². The fourth-order valence-corrected chi connectivity index (χ4v) is 2.87. The van der Waals surface area contributed by atoms with Gasteiger partial charge in [0.25, 0.3) is 0 Å². The van der Waals surface area contributed by atoms with Crippen LogP contribution in [0.2, 0.25) is 0 Å². The van der Waals surface area contributed by atoms with E-state index in [1.54, 1.807) is 4.90 Å². The molecule has 20 heavy (non-hydrogen) atoms. The van der Waals surface area contributed by atoms with Crippen LogP contribution in [0.25, 0.3) is 0 Å². The summed E-state index contributed by atoms with van der Waals surface area (Å²) >= 11 is 0. The van der Waals surface area contributed by atoms with Gasteiger partial charge in [0.1, 0.15) is 11.5 Å². The second-order valence-corrected chi connectivity index (χ2v) is 5.66. The molecular formula is C16H28N2O2. The van der Waals surface area contributed by atoms with E-state index < -0.39 is 5.41 Å². The number of amides is 1. The third kappa shape index (κ3) is 3.85. The lowest BCUT2D eigenvalue weighted by atomic mass is 9.78. The van der Waals surface area contributed by atoms with Gasteiger partial charge in [-0.2, -0.15) is 0 Å². The number of hydrogen-bond acceptors (Lipinski definition) is 3. The average Bonchev–Trinajstić information content (AvgIpc) is 2.82. The third-order valence-electron chi connectivity index (χ3n) is 3.84. The van der Waals surface area contributed by atoms with Crippen LogP contribution < -0.4 is 5.73 Å². The number of furan rings is 1. The van der Waals surface area contributed by atoms with E-state index in [4.69, 9.17) is 10.2 Å². The number of nitrogens with zero attached hydrogens (tertiary/aromatic N) is 1. The molecule has 0 radical (unpaired) electrons. The molecule has 0 atom stereocenters. The highest BCUT2D eigenvalue weighted by molar-refractivity contribution is 5.82. The maximum atomic E-state index is 12.8. The van der Waals surface area contributed by atoms with E-state index >= 15 is 0 Å². The summed E-state index contributed by atoms with van der Waals surface area (Å²) < 4.78 is 5.55. The predicted octanol–water partition coefficient (Wildman–Crippen LogP) is 3.09. The van der Waals surface area contributed by atoms with Crippen molar-refractivity contribution in [3.8, 4) is 0 Å². The number of hydrogen-bond donors (Lipinski definition) is 1. The SMILES string of the molecule is CCCC(CN)(CCC)C(=O)N(C)Cc1ccc(C)o1. The Bertz CT molecular complexity index is 420. The van der Waals surface area contributed by atoms with Gasteiger partial charge >= 0.3 is 0 Å². The zero-order valence-electron chi connectivity index (χ0n) is 13.2. The van der Waals surface area contributed by atoms with Crippen LogP contribution in [0, 0.1) is 12.3 Å². The van der Waals surface area contributed by atoms with Crippen molar-refractivity contribution in [2.75, 3.05) is 13.6 Å². The molecule has 2 N–H and O–H groups in total. The largest absolute Gasteiger partial charge is 0.464 e. The van der Waals surface area contributed by atoms with E-state index in [2.05, 4.69) is 13.8 Å². The Morgan fingerprint density at radius 3 is 2.30 bits per heavy atom. The molecule has 1 heterocycles. The molecule has 1 aromatic heterocycles. The topological polar surface area (TPSA) is 59.5 Å². The minimum atomic E-state index is -0.417. The number of carbonyl (C=O) groups excluding carboxylic acids is 1. The van der Waals surface area contributed by atoms with E-state index in [1.807, 2.05) is 26.1 Å². The minimum absolute atomic E-state index is 0.137. The van der Waals surface area contributed by atoms with Gasteiger partial charge in [0.15, 0.2) is 0 Å².